The quantitative estimate of drug-likeness (QED) is 0.698. The minimum absolute atomic E-state index is 0.260. The molecule has 2 aliphatic rings. The third-order valence-electron chi connectivity index (χ3n) is 3.87. The van der Waals surface area contributed by atoms with Gasteiger partial charge in [0.25, 0.3) is 0 Å². The molecule has 3 atom stereocenters. The summed E-state index contributed by atoms with van der Waals surface area (Å²) in [6.07, 6.45) is 0.629. The largest absolute Gasteiger partial charge is 0.479 e. The lowest BCUT2D eigenvalue weighted by molar-refractivity contribution is -0.149. The molecule has 2 N–H and O–H groups in total. The van der Waals surface area contributed by atoms with Crippen molar-refractivity contribution in [2.45, 2.75) is 31.5 Å². The van der Waals surface area contributed by atoms with Crippen LogP contribution in [0.15, 0.2) is 0 Å². The SMILES string of the molecule is COC(=O)C1CCN(C(=O)NCC2CCC(C(=O)O)O2)C1. The summed E-state index contributed by atoms with van der Waals surface area (Å²) in [4.78, 5) is 35.7. The number of carboxylic acids is 1. The Morgan fingerprint density at radius 3 is 2.71 bits per heavy atom. The van der Waals surface area contributed by atoms with E-state index in [-0.39, 0.29) is 30.6 Å². The van der Waals surface area contributed by atoms with Gasteiger partial charge in [-0.3, -0.25) is 4.79 Å². The van der Waals surface area contributed by atoms with Crippen molar-refractivity contribution in [1.82, 2.24) is 10.2 Å². The molecular weight excluding hydrogens is 280 g/mol. The van der Waals surface area contributed by atoms with Gasteiger partial charge in [0.05, 0.1) is 19.1 Å². The van der Waals surface area contributed by atoms with E-state index in [4.69, 9.17) is 9.84 Å². The molecule has 2 heterocycles. The third-order valence-corrected chi connectivity index (χ3v) is 3.87. The molecule has 0 aromatic rings. The van der Waals surface area contributed by atoms with E-state index in [1.165, 1.54) is 7.11 Å². The molecule has 118 valence electrons. The molecule has 0 aromatic heterocycles. The van der Waals surface area contributed by atoms with Crippen molar-refractivity contribution in [3.8, 4) is 0 Å². The zero-order valence-corrected chi connectivity index (χ0v) is 11.9. The fourth-order valence-electron chi connectivity index (χ4n) is 2.65. The maximum absolute atomic E-state index is 12.0. The van der Waals surface area contributed by atoms with Gasteiger partial charge in [0.1, 0.15) is 0 Å². The van der Waals surface area contributed by atoms with Gasteiger partial charge < -0.3 is 24.8 Å². The van der Waals surface area contributed by atoms with Crippen molar-refractivity contribution in [1.29, 1.82) is 0 Å². The molecule has 8 heteroatoms. The number of nitrogens with one attached hydrogen (secondary N) is 1. The Labute approximate surface area is 122 Å². The third kappa shape index (κ3) is 3.84. The molecule has 8 nitrogen and oxygen atoms in total. The van der Waals surface area contributed by atoms with E-state index >= 15 is 0 Å². The fraction of sp³-hybridized carbons (Fsp3) is 0.769. The molecule has 2 saturated heterocycles. The molecule has 2 amide bonds. The Hall–Kier alpha value is -1.83. The van der Waals surface area contributed by atoms with E-state index in [1.807, 2.05) is 0 Å². The van der Waals surface area contributed by atoms with Crippen LogP contribution in [0.25, 0.3) is 0 Å². The van der Waals surface area contributed by atoms with Crippen molar-refractivity contribution < 1.29 is 29.0 Å². The summed E-state index contributed by atoms with van der Waals surface area (Å²) in [7, 11) is 1.33. The van der Waals surface area contributed by atoms with E-state index < -0.39 is 12.1 Å². The second kappa shape index (κ2) is 6.75. The molecule has 0 radical (unpaired) electrons. The predicted octanol–water partition coefficient (Wildman–Crippen LogP) is -0.177. The summed E-state index contributed by atoms with van der Waals surface area (Å²) in [5.74, 6) is -1.53. The van der Waals surface area contributed by atoms with Crippen LogP contribution in [0, 0.1) is 5.92 Å². The molecule has 0 saturated carbocycles. The van der Waals surface area contributed by atoms with Gasteiger partial charge >= 0.3 is 18.0 Å². The number of carbonyl (C=O) groups is 3. The number of likely N-dealkylation sites (tertiary alicyclic amines) is 1. The maximum Gasteiger partial charge on any atom is 0.332 e. The standard InChI is InChI=1S/C13H20N2O6/c1-20-12(18)8-4-5-15(7-8)13(19)14-6-9-2-3-10(21-9)11(16)17/h8-10H,2-7H2,1H3,(H,14,19)(H,16,17). The van der Waals surface area contributed by atoms with Crippen LogP contribution in [0.4, 0.5) is 4.79 Å². The minimum atomic E-state index is -0.968. The van der Waals surface area contributed by atoms with Crippen molar-refractivity contribution in [2.24, 2.45) is 5.92 Å². The van der Waals surface area contributed by atoms with Gasteiger partial charge in [-0.1, -0.05) is 0 Å². The minimum Gasteiger partial charge on any atom is -0.479 e. The van der Waals surface area contributed by atoms with E-state index in [1.54, 1.807) is 4.90 Å². The summed E-state index contributed by atoms with van der Waals surface area (Å²) in [5.41, 5.74) is 0. The summed E-state index contributed by atoms with van der Waals surface area (Å²) in [5, 5.41) is 11.5. The predicted molar refractivity (Wildman–Crippen MR) is 70.6 cm³/mol. The number of urea groups is 1. The number of nitrogens with zero attached hydrogens (tertiary/aromatic N) is 1. The summed E-state index contributed by atoms with van der Waals surface area (Å²) in [6, 6.07) is -0.260. The van der Waals surface area contributed by atoms with Gasteiger partial charge in [0.15, 0.2) is 6.10 Å². The molecule has 0 aliphatic carbocycles. The highest BCUT2D eigenvalue weighted by Crippen LogP contribution is 2.20. The average Bonchev–Trinajstić information content (AvgIpc) is 3.12. The zero-order chi connectivity index (χ0) is 15.4. The molecule has 0 bridgehead atoms. The number of carboxylic acid groups (broad SMARTS) is 1. The first-order valence-electron chi connectivity index (χ1n) is 7.00. The highest BCUT2D eigenvalue weighted by molar-refractivity contribution is 5.78. The van der Waals surface area contributed by atoms with Crippen LogP contribution in [0.5, 0.6) is 0 Å². The number of hydrogen-bond donors (Lipinski definition) is 2. The lowest BCUT2D eigenvalue weighted by Crippen LogP contribution is -2.42. The van der Waals surface area contributed by atoms with Crippen molar-refractivity contribution >= 4 is 18.0 Å². The van der Waals surface area contributed by atoms with Crippen molar-refractivity contribution in [2.75, 3.05) is 26.7 Å². The zero-order valence-electron chi connectivity index (χ0n) is 11.9. The van der Waals surface area contributed by atoms with Crippen LogP contribution in [0.2, 0.25) is 0 Å². The summed E-state index contributed by atoms with van der Waals surface area (Å²) < 4.78 is 9.97. The fourth-order valence-corrected chi connectivity index (χ4v) is 2.65. The van der Waals surface area contributed by atoms with Crippen LogP contribution >= 0.6 is 0 Å². The molecule has 3 unspecified atom stereocenters. The van der Waals surface area contributed by atoms with Crippen LogP contribution in [0.1, 0.15) is 19.3 Å². The van der Waals surface area contributed by atoms with Crippen LogP contribution in [-0.4, -0.2) is 66.9 Å². The molecule has 0 aromatic carbocycles. The Kier molecular flexibility index (Phi) is 5.00. The Bertz CT molecular complexity index is 427. The van der Waals surface area contributed by atoms with E-state index in [0.29, 0.717) is 32.4 Å². The first-order chi connectivity index (χ1) is 10.0. The van der Waals surface area contributed by atoms with Gasteiger partial charge in [-0.05, 0) is 19.3 Å². The van der Waals surface area contributed by atoms with E-state index in [0.717, 1.165) is 0 Å². The second-order valence-electron chi connectivity index (χ2n) is 5.30. The number of aliphatic carboxylic acids is 1. The van der Waals surface area contributed by atoms with Crippen LogP contribution < -0.4 is 5.32 Å². The maximum atomic E-state index is 12.0. The van der Waals surface area contributed by atoms with Gasteiger partial charge in [0.2, 0.25) is 0 Å². The number of rotatable bonds is 4. The molecule has 2 aliphatic heterocycles. The number of amides is 2. The number of methoxy groups -OCH3 is 1. The number of esters is 1. The highest BCUT2D eigenvalue weighted by atomic mass is 16.5. The van der Waals surface area contributed by atoms with Crippen LogP contribution in [0.3, 0.4) is 0 Å². The Morgan fingerprint density at radius 2 is 2.10 bits per heavy atom. The number of hydrogen-bond acceptors (Lipinski definition) is 5. The number of ether oxygens (including phenoxy) is 2. The van der Waals surface area contributed by atoms with Gasteiger partial charge in [0, 0.05) is 19.6 Å². The summed E-state index contributed by atoms with van der Waals surface area (Å²) >= 11 is 0. The van der Waals surface area contributed by atoms with Gasteiger partial charge in [-0.2, -0.15) is 0 Å². The van der Waals surface area contributed by atoms with Crippen LogP contribution in [-0.2, 0) is 19.1 Å². The average molecular weight is 300 g/mol. The lowest BCUT2D eigenvalue weighted by atomic mass is 10.1. The molecule has 21 heavy (non-hydrogen) atoms. The lowest BCUT2D eigenvalue weighted by Gasteiger charge is -2.19. The topological polar surface area (TPSA) is 105 Å². The van der Waals surface area contributed by atoms with Gasteiger partial charge in [-0.25, -0.2) is 9.59 Å². The molecular formula is C13H20N2O6. The Morgan fingerprint density at radius 1 is 1.33 bits per heavy atom. The normalized spacial score (nSPS) is 28.4. The monoisotopic (exact) mass is 300 g/mol. The van der Waals surface area contributed by atoms with Gasteiger partial charge in [-0.15, -0.1) is 0 Å². The second-order valence-corrected chi connectivity index (χ2v) is 5.30. The smallest absolute Gasteiger partial charge is 0.332 e. The van der Waals surface area contributed by atoms with E-state index in [2.05, 4.69) is 10.1 Å². The van der Waals surface area contributed by atoms with Crippen molar-refractivity contribution in [3.63, 3.8) is 0 Å². The first-order valence-corrected chi connectivity index (χ1v) is 7.00. The first kappa shape index (κ1) is 15.6. The van der Waals surface area contributed by atoms with E-state index in [9.17, 15) is 14.4 Å². The summed E-state index contributed by atoms with van der Waals surface area (Å²) in [6.45, 7) is 1.14. The Balaban J connectivity index is 1.71. The molecule has 0 spiro atoms. The number of carbonyl (C=O) groups excluding carboxylic acids is 2. The molecule has 2 rings (SSSR count). The molecule has 2 fully saturated rings. The highest BCUT2D eigenvalue weighted by Gasteiger charge is 2.33. The van der Waals surface area contributed by atoms with Crippen molar-refractivity contribution in [3.05, 3.63) is 0 Å².